The second-order valence-corrected chi connectivity index (χ2v) is 7.96. The van der Waals surface area contributed by atoms with Crippen LogP contribution in [0.5, 0.6) is 0 Å². The topological polar surface area (TPSA) is 96.6 Å². The van der Waals surface area contributed by atoms with Crippen LogP contribution >= 0.6 is 0 Å². The van der Waals surface area contributed by atoms with E-state index in [0.717, 1.165) is 24.0 Å². The normalized spacial score (nSPS) is 13.8. The molecule has 0 bridgehead atoms. The third kappa shape index (κ3) is 4.22. The zero-order valence-corrected chi connectivity index (χ0v) is 18.5. The van der Waals surface area contributed by atoms with Crippen molar-refractivity contribution in [3.63, 3.8) is 0 Å². The molecular formula is C24H24N6O3. The van der Waals surface area contributed by atoms with E-state index in [1.807, 2.05) is 49.3 Å². The lowest BCUT2D eigenvalue weighted by Crippen LogP contribution is -2.37. The number of fused-ring (bicyclic) bond motifs is 1. The standard InChI is InChI=1S/C24H24N6O3/c1-29(2)22-20(15-25-24(27-22)30-10-12-32-13-11-30)26-23(31)17-8-9-19-18(14-17)21(33-28-19)16-6-4-3-5-7-16/h3-9,14-15H,10-13H2,1-2H3,(H,26,31). The fraction of sp³-hybridized carbons (Fsp3) is 0.250. The maximum Gasteiger partial charge on any atom is 0.255 e. The molecule has 1 N–H and O–H groups in total. The monoisotopic (exact) mass is 444 g/mol. The second kappa shape index (κ2) is 8.87. The minimum atomic E-state index is -0.261. The molecule has 0 spiro atoms. The predicted molar refractivity (Wildman–Crippen MR) is 127 cm³/mol. The van der Waals surface area contributed by atoms with Gasteiger partial charge in [0.05, 0.1) is 24.8 Å². The second-order valence-electron chi connectivity index (χ2n) is 7.96. The Morgan fingerprint density at radius 2 is 1.88 bits per heavy atom. The summed E-state index contributed by atoms with van der Waals surface area (Å²) in [5.41, 5.74) is 2.62. The van der Waals surface area contributed by atoms with Crippen LogP contribution in [0.4, 0.5) is 17.5 Å². The van der Waals surface area contributed by atoms with Gasteiger partial charge >= 0.3 is 0 Å². The number of hydrogen-bond acceptors (Lipinski definition) is 8. The lowest BCUT2D eigenvalue weighted by molar-refractivity contribution is 0.102. The van der Waals surface area contributed by atoms with Gasteiger partial charge in [0, 0.05) is 38.3 Å². The molecule has 33 heavy (non-hydrogen) atoms. The zero-order chi connectivity index (χ0) is 22.8. The number of hydrogen-bond donors (Lipinski definition) is 1. The fourth-order valence-electron chi connectivity index (χ4n) is 3.78. The number of aromatic nitrogens is 3. The molecule has 1 aliphatic rings. The van der Waals surface area contributed by atoms with Crippen molar-refractivity contribution in [1.29, 1.82) is 0 Å². The molecule has 1 amide bonds. The van der Waals surface area contributed by atoms with Crippen LogP contribution in [0.1, 0.15) is 10.4 Å². The first-order valence-electron chi connectivity index (χ1n) is 10.7. The van der Waals surface area contributed by atoms with E-state index < -0.39 is 0 Å². The maximum absolute atomic E-state index is 13.1. The van der Waals surface area contributed by atoms with Gasteiger partial charge in [-0.2, -0.15) is 4.98 Å². The number of morpholine rings is 1. The van der Waals surface area contributed by atoms with Gasteiger partial charge in [0.15, 0.2) is 11.6 Å². The van der Waals surface area contributed by atoms with Gasteiger partial charge in [-0.3, -0.25) is 4.79 Å². The van der Waals surface area contributed by atoms with Gasteiger partial charge in [-0.25, -0.2) is 4.98 Å². The molecule has 0 atom stereocenters. The van der Waals surface area contributed by atoms with Gasteiger partial charge in [0.2, 0.25) is 5.95 Å². The van der Waals surface area contributed by atoms with E-state index >= 15 is 0 Å². The number of ether oxygens (including phenoxy) is 1. The average Bonchev–Trinajstić information content (AvgIpc) is 3.28. The van der Waals surface area contributed by atoms with Gasteiger partial charge in [-0.15, -0.1) is 0 Å². The summed E-state index contributed by atoms with van der Waals surface area (Å²) < 4.78 is 11.0. The molecule has 3 heterocycles. The van der Waals surface area contributed by atoms with Crippen LogP contribution in [0, 0.1) is 0 Å². The van der Waals surface area contributed by atoms with Crippen LogP contribution in [0.3, 0.4) is 0 Å². The third-order valence-corrected chi connectivity index (χ3v) is 5.50. The molecule has 0 aliphatic carbocycles. The molecule has 9 nitrogen and oxygen atoms in total. The lowest BCUT2D eigenvalue weighted by atomic mass is 10.1. The molecule has 1 aliphatic heterocycles. The van der Waals surface area contributed by atoms with Crippen LogP contribution in [0.25, 0.3) is 22.2 Å². The Hall–Kier alpha value is -3.98. The molecule has 2 aromatic carbocycles. The summed E-state index contributed by atoms with van der Waals surface area (Å²) >= 11 is 0. The summed E-state index contributed by atoms with van der Waals surface area (Å²) in [7, 11) is 3.77. The first kappa shape index (κ1) is 20.9. The first-order chi connectivity index (χ1) is 16.1. The van der Waals surface area contributed by atoms with E-state index in [4.69, 9.17) is 9.26 Å². The molecule has 0 unspecified atom stereocenters. The van der Waals surface area contributed by atoms with Crippen LogP contribution in [0.2, 0.25) is 0 Å². The molecule has 0 radical (unpaired) electrons. The molecule has 5 rings (SSSR count). The average molecular weight is 444 g/mol. The summed E-state index contributed by atoms with van der Waals surface area (Å²) in [4.78, 5) is 26.2. The maximum atomic E-state index is 13.1. The summed E-state index contributed by atoms with van der Waals surface area (Å²) in [5, 5.41) is 7.86. The number of carbonyl (C=O) groups excluding carboxylic acids is 1. The van der Waals surface area contributed by atoms with Crippen molar-refractivity contribution in [2.24, 2.45) is 0 Å². The Balaban J connectivity index is 1.43. The van der Waals surface area contributed by atoms with Crippen LogP contribution in [-0.4, -0.2) is 61.4 Å². The summed E-state index contributed by atoms with van der Waals surface area (Å²) in [5.74, 6) is 1.63. The van der Waals surface area contributed by atoms with E-state index in [0.29, 0.717) is 47.5 Å². The quantitative estimate of drug-likeness (QED) is 0.500. The number of amides is 1. The van der Waals surface area contributed by atoms with E-state index in [1.54, 1.807) is 24.4 Å². The van der Waals surface area contributed by atoms with Gasteiger partial charge in [-0.1, -0.05) is 35.5 Å². The smallest absolute Gasteiger partial charge is 0.255 e. The van der Waals surface area contributed by atoms with Gasteiger partial charge < -0.3 is 24.4 Å². The molecule has 1 fully saturated rings. The molecular weight excluding hydrogens is 420 g/mol. The fourth-order valence-corrected chi connectivity index (χ4v) is 3.78. The van der Waals surface area contributed by atoms with Gasteiger partial charge in [0.25, 0.3) is 5.91 Å². The van der Waals surface area contributed by atoms with E-state index in [1.165, 1.54) is 0 Å². The Kier molecular flexibility index (Phi) is 5.62. The highest BCUT2D eigenvalue weighted by Crippen LogP contribution is 2.30. The number of nitrogens with zero attached hydrogens (tertiary/aromatic N) is 5. The molecule has 4 aromatic rings. The minimum Gasteiger partial charge on any atom is -0.378 e. The van der Waals surface area contributed by atoms with E-state index in [2.05, 4.69) is 25.3 Å². The van der Waals surface area contributed by atoms with Crippen LogP contribution < -0.4 is 15.1 Å². The number of carbonyl (C=O) groups is 1. The van der Waals surface area contributed by atoms with Gasteiger partial charge in [0.1, 0.15) is 11.2 Å². The highest BCUT2D eigenvalue weighted by atomic mass is 16.5. The Morgan fingerprint density at radius 1 is 1.09 bits per heavy atom. The Labute approximate surface area is 191 Å². The molecule has 2 aromatic heterocycles. The Morgan fingerprint density at radius 3 is 2.64 bits per heavy atom. The van der Waals surface area contributed by atoms with Crippen molar-refractivity contribution in [1.82, 2.24) is 15.1 Å². The summed E-state index contributed by atoms with van der Waals surface area (Å²) in [6.45, 7) is 2.77. The first-order valence-corrected chi connectivity index (χ1v) is 10.7. The SMILES string of the molecule is CN(C)c1nc(N2CCOCC2)ncc1NC(=O)c1ccc2noc(-c3ccccc3)c2c1. The predicted octanol–water partition coefficient (Wildman–Crippen LogP) is 3.44. The number of nitrogens with one attached hydrogen (secondary N) is 1. The highest BCUT2D eigenvalue weighted by molar-refractivity contribution is 6.08. The molecule has 168 valence electrons. The summed E-state index contributed by atoms with van der Waals surface area (Å²) in [6, 6.07) is 15.0. The number of anilines is 3. The van der Waals surface area contributed by atoms with Crippen molar-refractivity contribution in [3.05, 3.63) is 60.3 Å². The largest absolute Gasteiger partial charge is 0.378 e. The van der Waals surface area contributed by atoms with E-state index in [9.17, 15) is 4.79 Å². The van der Waals surface area contributed by atoms with Crippen molar-refractivity contribution in [3.8, 4) is 11.3 Å². The van der Waals surface area contributed by atoms with Crippen molar-refractivity contribution in [2.45, 2.75) is 0 Å². The van der Waals surface area contributed by atoms with Gasteiger partial charge in [-0.05, 0) is 18.2 Å². The van der Waals surface area contributed by atoms with Crippen molar-refractivity contribution >= 4 is 34.3 Å². The number of benzene rings is 2. The van der Waals surface area contributed by atoms with E-state index in [-0.39, 0.29) is 5.91 Å². The van der Waals surface area contributed by atoms with Crippen molar-refractivity contribution in [2.75, 3.05) is 55.5 Å². The minimum absolute atomic E-state index is 0.261. The molecule has 1 saturated heterocycles. The third-order valence-electron chi connectivity index (χ3n) is 5.50. The lowest BCUT2D eigenvalue weighted by Gasteiger charge is -2.28. The highest BCUT2D eigenvalue weighted by Gasteiger charge is 2.19. The molecule has 0 saturated carbocycles. The number of rotatable bonds is 5. The van der Waals surface area contributed by atoms with Crippen LogP contribution in [0.15, 0.2) is 59.3 Å². The zero-order valence-electron chi connectivity index (χ0n) is 18.5. The summed E-state index contributed by atoms with van der Waals surface area (Å²) in [6.07, 6.45) is 1.65. The Bertz CT molecular complexity index is 1280. The van der Waals surface area contributed by atoms with Crippen LogP contribution in [-0.2, 0) is 4.74 Å². The van der Waals surface area contributed by atoms with Crippen molar-refractivity contribution < 1.29 is 14.1 Å². The molecule has 9 heteroatoms.